The third-order valence-electron chi connectivity index (χ3n) is 11.2. The quantitative estimate of drug-likeness (QED) is 0.00891. The van der Waals surface area contributed by atoms with Gasteiger partial charge >= 0.3 is 6.16 Å². The molecule has 76 heavy (non-hydrogen) atoms. The van der Waals surface area contributed by atoms with Crippen LogP contribution in [0.2, 0.25) is 0 Å². The van der Waals surface area contributed by atoms with Gasteiger partial charge in [0, 0.05) is 12.1 Å². The highest BCUT2D eigenvalue weighted by Gasteiger charge is 2.21. The predicted molar refractivity (Wildman–Crippen MR) is 284 cm³/mol. The van der Waals surface area contributed by atoms with Crippen LogP contribution in [0.3, 0.4) is 0 Å². The van der Waals surface area contributed by atoms with Crippen molar-refractivity contribution in [3.63, 3.8) is 0 Å². The number of hydrogen-bond acceptors (Lipinski definition) is 15. The summed E-state index contributed by atoms with van der Waals surface area (Å²) < 4.78 is 73.1. The van der Waals surface area contributed by atoms with Crippen molar-refractivity contribution in [2.24, 2.45) is 0 Å². The van der Waals surface area contributed by atoms with E-state index in [2.05, 4.69) is 6.58 Å². The molecule has 0 aromatic heterocycles. The van der Waals surface area contributed by atoms with E-state index in [1.807, 2.05) is 152 Å². The Balaban J connectivity index is 1.05. The summed E-state index contributed by atoms with van der Waals surface area (Å²) >= 11 is 0. The lowest BCUT2D eigenvalue weighted by molar-refractivity contribution is -0.384. The summed E-state index contributed by atoms with van der Waals surface area (Å²) in [7, 11) is 0. The van der Waals surface area contributed by atoms with Crippen LogP contribution < -0.4 is 4.74 Å². The Hall–Kier alpha value is -6.67. The Bertz CT molecular complexity index is 2460. The highest BCUT2D eigenvalue weighted by Crippen LogP contribution is 2.18. The average molecular weight is 1040 g/mol. The first kappa shape index (κ1) is 58.6. The lowest BCUT2D eigenvalue weighted by Gasteiger charge is -2.24. The SMILES string of the molecule is C=CCOCC(COCC(COCC(COCC(COCC(COC(=O)Oc1ccc([N+](=O)[O-])cc1)OCc1ccccc1)OCc1ccccc1)OCc1ccccc1)OCc1ccccc1)OCc1ccccc1. The van der Waals surface area contributed by atoms with Crippen molar-refractivity contribution >= 4 is 11.8 Å². The van der Waals surface area contributed by atoms with Gasteiger partial charge in [0.1, 0.15) is 42.9 Å². The summed E-state index contributed by atoms with van der Waals surface area (Å²) in [5.74, 6) is 0.0881. The first-order valence-corrected chi connectivity index (χ1v) is 25.2. The molecule has 0 N–H and O–H groups in total. The van der Waals surface area contributed by atoms with Gasteiger partial charge in [-0.25, -0.2) is 4.79 Å². The third kappa shape index (κ3) is 24.3. The van der Waals surface area contributed by atoms with Crippen molar-refractivity contribution in [3.05, 3.63) is 227 Å². The summed E-state index contributed by atoms with van der Waals surface area (Å²) in [6.07, 6.45) is -1.78. The number of non-ortho nitro benzene ring substituents is 1. The molecule has 6 aromatic rings. The molecule has 0 amide bonds. The average Bonchev–Trinajstić information content (AvgIpc) is 3.46. The smallest absolute Gasteiger partial charge is 0.431 e. The van der Waals surface area contributed by atoms with Crippen LogP contribution in [0, 0.1) is 10.1 Å². The van der Waals surface area contributed by atoms with Crippen molar-refractivity contribution in [3.8, 4) is 5.75 Å². The minimum absolute atomic E-state index is 0.0289. The molecule has 0 saturated carbocycles. The number of rotatable bonds is 39. The molecule has 0 spiro atoms. The number of benzene rings is 6. The number of nitrogens with zero attached hydrogens (tertiary/aromatic N) is 1. The van der Waals surface area contributed by atoms with Crippen LogP contribution in [0.25, 0.3) is 0 Å². The summed E-state index contributed by atoms with van der Waals surface area (Å²) in [6, 6.07) is 54.2. The summed E-state index contributed by atoms with van der Waals surface area (Å²) in [5.41, 5.74) is 4.81. The second-order valence-corrected chi connectivity index (χ2v) is 17.5. The third-order valence-corrected chi connectivity index (χ3v) is 11.2. The maximum Gasteiger partial charge on any atom is 0.513 e. The molecule has 0 bridgehead atoms. The lowest BCUT2D eigenvalue weighted by Crippen LogP contribution is -2.34. The van der Waals surface area contributed by atoms with Crippen LogP contribution in [0.5, 0.6) is 5.75 Å². The molecular weight excluding hydrogens is 975 g/mol. The van der Waals surface area contributed by atoms with E-state index in [0.717, 1.165) is 27.8 Å². The molecule has 5 atom stereocenters. The van der Waals surface area contributed by atoms with Gasteiger partial charge in [0.05, 0.1) is 104 Å². The van der Waals surface area contributed by atoms with Crippen molar-refractivity contribution in [2.75, 3.05) is 72.7 Å². The molecule has 404 valence electrons. The van der Waals surface area contributed by atoms with E-state index in [0.29, 0.717) is 39.6 Å². The second-order valence-electron chi connectivity index (χ2n) is 17.5. The normalized spacial score (nSPS) is 13.3. The molecule has 0 aliphatic heterocycles. The van der Waals surface area contributed by atoms with Gasteiger partial charge < -0.3 is 56.8 Å². The number of ether oxygens (including phenoxy) is 12. The fourth-order valence-corrected chi connectivity index (χ4v) is 7.19. The number of hydrogen-bond donors (Lipinski definition) is 0. The van der Waals surface area contributed by atoms with Crippen LogP contribution in [0.15, 0.2) is 189 Å². The van der Waals surface area contributed by atoms with E-state index in [1.165, 1.54) is 24.3 Å². The van der Waals surface area contributed by atoms with Crippen molar-refractivity contribution in [2.45, 2.75) is 63.6 Å². The summed E-state index contributed by atoms with van der Waals surface area (Å²) in [5, 5.41) is 11.1. The first-order valence-electron chi connectivity index (χ1n) is 25.2. The largest absolute Gasteiger partial charge is 0.513 e. The Labute approximate surface area is 445 Å². The maximum absolute atomic E-state index is 12.7. The molecule has 16 nitrogen and oxygen atoms in total. The molecule has 6 rings (SSSR count). The number of nitro benzene ring substituents is 1. The Morgan fingerprint density at radius 1 is 0.408 bits per heavy atom. The molecule has 0 saturated heterocycles. The number of nitro groups is 1. The molecule has 0 heterocycles. The number of carbonyl (C=O) groups excluding carboxylic acids is 1. The molecule has 0 aliphatic carbocycles. The maximum atomic E-state index is 12.7. The van der Waals surface area contributed by atoms with Crippen LogP contribution in [-0.4, -0.2) is 114 Å². The van der Waals surface area contributed by atoms with Gasteiger partial charge in [0.2, 0.25) is 0 Å². The molecular formula is C60H69NO15. The molecule has 6 aromatic carbocycles. The zero-order valence-corrected chi connectivity index (χ0v) is 42.8. The zero-order valence-electron chi connectivity index (χ0n) is 42.8. The van der Waals surface area contributed by atoms with Gasteiger partial charge in [0.15, 0.2) is 0 Å². The Kier molecular flexibility index (Phi) is 27.4. The van der Waals surface area contributed by atoms with Crippen molar-refractivity contribution < 1.29 is 66.6 Å². The van der Waals surface area contributed by atoms with Crippen LogP contribution in [0.1, 0.15) is 27.8 Å². The first-order chi connectivity index (χ1) is 37.4. The summed E-state index contributed by atoms with van der Waals surface area (Å²) in [6.45, 7) is 7.29. The molecule has 0 aliphatic rings. The van der Waals surface area contributed by atoms with Gasteiger partial charge in [0.25, 0.3) is 5.69 Å². The van der Waals surface area contributed by atoms with E-state index >= 15 is 0 Å². The Morgan fingerprint density at radius 3 is 0.961 bits per heavy atom. The summed E-state index contributed by atoms with van der Waals surface area (Å²) in [4.78, 5) is 23.2. The van der Waals surface area contributed by atoms with E-state index in [4.69, 9.17) is 56.8 Å². The van der Waals surface area contributed by atoms with Gasteiger partial charge in [-0.05, 0) is 39.9 Å². The predicted octanol–water partition coefficient (Wildman–Crippen LogP) is 10.3. The van der Waals surface area contributed by atoms with Gasteiger partial charge in [-0.15, -0.1) is 6.58 Å². The van der Waals surface area contributed by atoms with E-state index in [-0.39, 0.29) is 83.6 Å². The minimum Gasteiger partial charge on any atom is -0.431 e. The monoisotopic (exact) mass is 1040 g/mol. The van der Waals surface area contributed by atoms with Crippen LogP contribution in [0.4, 0.5) is 10.5 Å². The minimum atomic E-state index is -1.00. The standard InChI is InChI=1S/C60H69NO15/c1-2-32-65-38-55(70-33-48-18-8-3-9-19-48)39-66-40-56(71-34-49-20-10-4-11-21-49)41-67-42-57(72-35-50-22-12-5-13-23-50)43-68-44-58(73-36-51-24-14-6-15-25-51)45-69-46-59(74-37-52-26-16-7-17-27-52)47-75-60(62)76-54-30-28-53(29-31-54)61(63)64/h2-31,55-59H,1,32-47H2. The van der Waals surface area contributed by atoms with Gasteiger partial charge in [-0.1, -0.05) is 158 Å². The van der Waals surface area contributed by atoms with Gasteiger partial charge in [-0.3, -0.25) is 10.1 Å². The van der Waals surface area contributed by atoms with Crippen LogP contribution in [-0.2, 0) is 85.1 Å². The van der Waals surface area contributed by atoms with Crippen molar-refractivity contribution in [1.82, 2.24) is 0 Å². The second kappa shape index (κ2) is 35.6. The van der Waals surface area contributed by atoms with E-state index in [1.54, 1.807) is 6.08 Å². The molecule has 5 unspecified atom stereocenters. The van der Waals surface area contributed by atoms with Crippen LogP contribution >= 0.6 is 0 Å². The molecule has 0 radical (unpaired) electrons. The van der Waals surface area contributed by atoms with Gasteiger partial charge in [-0.2, -0.15) is 0 Å². The zero-order chi connectivity index (χ0) is 53.1. The number of carbonyl (C=O) groups is 1. The Morgan fingerprint density at radius 2 is 0.684 bits per heavy atom. The highest BCUT2D eigenvalue weighted by molar-refractivity contribution is 5.64. The fourth-order valence-electron chi connectivity index (χ4n) is 7.19. The molecule has 0 fully saturated rings. The van der Waals surface area contributed by atoms with E-state index < -0.39 is 35.5 Å². The molecule has 16 heteroatoms. The lowest BCUT2D eigenvalue weighted by atomic mass is 10.2. The highest BCUT2D eigenvalue weighted by atomic mass is 16.7. The fraction of sp³-hybridized carbons (Fsp3) is 0.350. The van der Waals surface area contributed by atoms with Crippen molar-refractivity contribution in [1.29, 1.82) is 0 Å². The topological polar surface area (TPSA) is 171 Å². The van der Waals surface area contributed by atoms with E-state index in [9.17, 15) is 14.9 Å².